The van der Waals surface area contributed by atoms with Crippen molar-refractivity contribution >= 4 is 5.82 Å². The van der Waals surface area contributed by atoms with Gasteiger partial charge in [-0.3, -0.25) is 9.13 Å². The van der Waals surface area contributed by atoms with Gasteiger partial charge in [-0.15, -0.1) is 0 Å². The maximum Gasteiger partial charge on any atom is 0.328 e. The first-order valence-corrected chi connectivity index (χ1v) is 7.48. The minimum Gasteiger partial charge on any atom is -0.370 e. The zero-order chi connectivity index (χ0) is 15.2. The van der Waals surface area contributed by atoms with Crippen LogP contribution in [-0.4, -0.2) is 25.6 Å². The van der Waals surface area contributed by atoms with Crippen molar-refractivity contribution in [1.29, 1.82) is 0 Å². The van der Waals surface area contributed by atoms with Gasteiger partial charge in [0.2, 0.25) is 0 Å². The lowest BCUT2D eigenvalue weighted by Gasteiger charge is -2.08. The second kappa shape index (κ2) is 7.06. The normalized spacial score (nSPS) is 10.8. The van der Waals surface area contributed by atoms with Gasteiger partial charge in [-0.05, 0) is 19.8 Å². The second-order valence-corrected chi connectivity index (χ2v) is 5.14. The van der Waals surface area contributed by atoms with Crippen LogP contribution in [0, 0.1) is 6.92 Å². The van der Waals surface area contributed by atoms with Gasteiger partial charge in [-0.1, -0.05) is 13.8 Å². The first kappa shape index (κ1) is 15.3. The smallest absolute Gasteiger partial charge is 0.328 e. The molecule has 2 heterocycles. The van der Waals surface area contributed by atoms with Gasteiger partial charge < -0.3 is 5.32 Å². The van der Waals surface area contributed by atoms with E-state index in [-0.39, 0.29) is 5.69 Å². The Hall–Kier alpha value is -2.11. The van der Waals surface area contributed by atoms with Gasteiger partial charge in [-0.25, -0.2) is 14.8 Å². The van der Waals surface area contributed by atoms with Crippen LogP contribution in [-0.2, 0) is 13.1 Å². The molecule has 2 aromatic heterocycles. The van der Waals surface area contributed by atoms with E-state index in [1.54, 1.807) is 15.3 Å². The van der Waals surface area contributed by atoms with Gasteiger partial charge in [-0.2, -0.15) is 0 Å². The Morgan fingerprint density at radius 3 is 2.62 bits per heavy atom. The fourth-order valence-electron chi connectivity index (χ4n) is 2.18. The first-order valence-electron chi connectivity index (χ1n) is 7.48. The maximum absolute atomic E-state index is 12.2. The van der Waals surface area contributed by atoms with E-state index in [9.17, 15) is 4.79 Å². The zero-order valence-corrected chi connectivity index (χ0v) is 13.0. The van der Waals surface area contributed by atoms with Crippen LogP contribution >= 0.6 is 0 Å². The van der Waals surface area contributed by atoms with Gasteiger partial charge in [0.05, 0.1) is 6.54 Å². The van der Waals surface area contributed by atoms with Crippen LogP contribution in [0.15, 0.2) is 23.3 Å². The third-order valence-electron chi connectivity index (χ3n) is 3.15. The van der Waals surface area contributed by atoms with E-state index >= 15 is 0 Å². The lowest BCUT2D eigenvalue weighted by molar-refractivity contribution is 0.616. The molecule has 0 spiro atoms. The summed E-state index contributed by atoms with van der Waals surface area (Å²) in [7, 11) is 0. The largest absolute Gasteiger partial charge is 0.370 e. The fourth-order valence-corrected chi connectivity index (χ4v) is 2.18. The Balaban J connectivity index is 2.19. The fraction of sp³-hybridized carbons (Fsp3) is 0.533. The third-order valence-corrected chi connectivity index (χ3v) is 3.15. The standard InChI is InChI=1S/C15H23N5O/c1-4-6-16-13-10-12(3)17-14(18-13)11-20-9-8-19(7-5-2)15(20)21/h8-10H,4-7,11H2,1-3H3,(H,16,17,18). The monoisotopic (exact) mass is 289 g/mol. The highest BCUT2D eigenvalue weighted by atomic mass is 16.1. The molecule has 0 atom stereocenters. The predicted molar refractivity (Wildman–Crippen MR) is 83.6 cm³/mol. The molecule has 0 unspecified atom stereocenters. The molecule has 0 fully saturated rings. The SMILES string of the molecule is CCCNc1cc(C)nc(Cn2ccn(CCC)c2=O)n1. The predicted octanol–water partition coefficient (Wildman–Crippen LogP) is 2.03. The molecule has 6 heteroatoms. The Morgan fingerprint density at radius 1 is 1.14 bits per heavy atom. The average Bonchev–Trinajstić information content (AvgIpc) is 2.78. The summed E-state index contributed by atoms with van der Waals surface area (Å²) in [6, 6.07) is 1.92. The van der Waals surface area contributed by atoms with E-state index < -0.39 is 0 Å². The highest BCUT2D eigenvalue weighted by molar-refractivity contribution is 5.35. The summed E-state index contributed by atoms with van der Waals surface area (Å²) in [5, 5.41) is 3.26. The Kier molecular flexibility index (Phi) is 5.14. The molecule has 0 radical (unpaired) electrons. The molecule has 0 saturated heterocycles. The van der Waals surface area contributed by atoms with Crippen molar-refractivity contribution in [3.05, 3.63) is 40.5 Å². The van der Waals surface area contributed by atoms with Crippen molar-refractivity contribution in [2.24, 2.45) is 0 Å². The highest BCUT2D eigenvalue weighted by Crippen LogP contribution is 2.07. The van der Waals surface area contributed by atoms with E-state index in [1.165, 1.54) is 0 Å². The van der Waals surface area contributed by atoms with Gasteiger partial charge in [0.15, 0.2) is 5.82 Å². The van der Waals surface area contributed by atoms with Crippen molar-refractivity contribution in [3.8, 4) is 0 Å². The molecular weight excluding hydrogens is 266 g/mol. The average molecular weight is 289 g/mol. The summed E-state index contributed by atoms with van der Waals surface area (Å²) in [6.45, 7) is 8.12. The Labute approximate surface area is 124 Å². The number of nitrogens with one attached hydrogen (secondary N) is 1. The number of rotatable bonds is 7. The summed E-state index contributed by atoms with van der Waals surface area (Å²) < 4.78 is 3.36. The lowest BCUT2D eigenvalue weighted by atomic mass is 10.4. The van der Waals surface area contributed by atoms with Gasteiger partial charge in [0.1, 0.15) is 5.82 Å². The van der Waals surface area contributed by atoms with Crippen LogP contribution < -0.4 is 11.0 Å². The number of aryl methyl sites for hydroxylation is 2. The topological polar surface area (TPSA) is 64.7 Å². The Bertz CT molecular complexity index is 644. The van der Waals surface area contributed by atoms with E-state index in [0.29, 0.717) is 12.4 Å². The van der Waals surface area contributed by atoms with Gasteiger partial charge in [0, 0.05) is 37.2 Å². The highest BCUT2D eigenvalue weighted by Gasteiger charge is 2.07. The molecule has 2 rings (SSSR count). The molecule has 0 amide bonds. The van der Waals surface area contributed by atoms with E-state index in [2.05, 4.69) is 29.1 Å². The maximum atomic E-state index is 12.2. The number of aromatic nitrogens is 4. The minimum atomic E-state index is -0.00924. The molecular formula is C15H23N5O. The van der Waals surface area contributed by atoms with Crippen LogP contribution in [0.5, 0.6) is 0 Å². The van der Waals surface area contributed by atoms with Crippen molar-refractivity contribution in [1.82, 2.24) is 19.1 Å². The molecule has 6 nitrogen and oxygen atoms in total. The molecule has 0 bridgehead atoms. The van der Waals surface area contributed by atoms with E-state index in [4.69, 9.17) is 0 Å². The molecule has 114 valence electrons. The van der Waals surface area contributed by atoms with Crippen LogP contribution in [0.2, 0.25) is 0 Å². The summed E-state index contributed by atoms with van der Waals surface area (Å²) in [6.07, 6.45) is 5.59. The van der Waals surface area contributed by atoms with Gasteiger partial charge >= 0.3 is 5.69 Å². The number of hydrogen-bond donors (Lipinski definition) is 1. The molecule has 0 saturated carbocycles. The number of imidazole rings is 1. The molecule has 0 aliphatic heterocycles. The molecule has 0 aliphatic carbocycles. The minimum absolute atomic E-state index is 0.00924. The molecule has 0 aromatic carbocycles. The van der Waals surface area contributed by atoms with Crippen molar-refractivity contribution < 1.29 is 0 Å². The van der Waals surface area contributed by atoms with Crippen LogP contribution in [0.4, 0.5) is 5.82 Å². The second-order valence-electron chi connectivity index (χ2n) is 5.14. The number of nitrogens with zero attached hydrogens (tertiary/aromatic N) is 4. The van der Waals surface area contributed by atoms with Gasteiger partial charge in [0.25, 0.3) is 0 Å². The Morgan fingerprint density at radius 2 is 1.90 bits per heavy atom. The van der Waals surface area contributed by atoms with Crippen molar-refractivity contribution in [3.63, 3.8) is 0 Å². The number of hydrogen-bond acceptors (Lipinski definition) is 4. The molecule has 0 aliphatic rings. The number of anilines is 1. The van der Waals surface area contributed by atoms with Crippen molar-refractivity contribution in [2.45, 2.75) is 46.7 Å². The molecule has 2 aromatic rings. The summed E-state index contributed by atoms with van der Waals surface area (Å²) >= 11 is 0. The molecule has 21 heavy (non-hydrogen) atoms. The van der Waals surface area contributed by atoms with Crippen molar-refractivity contribution in [2.75, 3.05) is 11.9 Å². The third kappa shape index (κ3) is 3.93. The van der Waals surface area contributed by atoms with Crippen LogP contribution in [0.1, 0.15) is 38.2 Å². The zero-order valence-electron chi connectivity index (χ0n) is 13.0. The lowest BCUT2D eigenvalue weighted by Crippen LogP contribution is -2.25. The van der Waals surface area contributed by atoms with Crippen LogP contribution in [0.3, 0.4) is 0 Å². The first-order chi connectivity index (χ1) is 10.1. The quantitative estimate of drug-likeness (QED) is 0.847. The van der Waals surface area contributed by atoms with E-state index in [1.807, 2.05) is 19.2 Å². The summed E-state index contributed by atoms with van der Waals surface area (Å²) in [4.78, 5) is 21.0. The summed E-state index contributed by atoms with van der Waals surface area (Å²) in [5.41, 5.74) is 0.893. The van der Waals surface area contributed by atoms with E-state index in [0.717, 1.165) is 37.4 Å². The molecule has 1 N–H and O–H groups in total. The van der Waals surface area contributed by atoms with Crippen LogP contribution in [0.25, 0.3) is 0 Å². The summed E-state index contributed by atoms with van der Waals surface area (Å²) in [5.74, 6) is 1.48.